The van der Waals surface area contributed by atoms with Gasteiger partial charge in [-0.2, -0.15) is 0 Å². The van der Waals surface area contributed by atoms with Gasteiger partial charge in [0.2, 0.25) is 0 Å². The predicted molar refractivity (Wildman–Crippen MR) is 73.8 cm³/mol. The molecule has 1 heterocycles. The van der Waals surface area contributed by atoms with E-state index >= 15 is 0 Å². The lowest BCUT2D eigenvalue weighted by atomic mass is 9.52. The molecule has 0 saturated heterocycles. The Hall–Kier alpha value is -1.42. The van der Waals surface area contributed by atoms with Crippen LogP contribution in [0.4, 0.5) is 0 Å². The second-order valence-corrected chi connectivity index (χ2v) is 6.14. The first-order valence-electron chi connectivity index (χ1n) is 6.67. The van der Waals surface area contributed by atoms with Gasteiger partial charge in [0.1, 0.15) is 0 Å². The highest BCUT2D eigenvalue weighted by atomic mass is 32.1. The molecule has 2 aliphatic rings. The number of rotatable bonds is 4. The monoisotopic (exact) mass is 276 g/mol. The number of allylic oxidation sites excluding steroid dienone is 1. The van der Waals surface area contributed by atoms with Crippen LogP contribution in [0.5, 0.6) is 0 Å². The van der Waals surface area contributed by atoms with Crippen molar-refractivity contribution in [2.45, 2.75) is 32.6 Å². The quantitative estimate of drug-likeness (QED) is 0.626. The third-order valence-corrected chi connectivity index (χ3v) is 5.09. The van der Waals surface area contributed by atoms with Crippen molar-refractivity contribution in [3.05, 3.63) is 28.0 Å². The first kappa shape index (κ1) is 12.6. The van der Waals surface area contributed by atoms with E-state index in [1.165, 1.54) is 0 Å². The van der Waals surface area contributed by atoms with E-state index in [1.54, 1.807) is 18.3 Å². The van der Waals surface area contributed by atoms with Gasteiger partial charge in [-0.25, -0.2) is 4.79 Å². The predicted octanol–water partition coefficient (Wildman–Crippen LogP) is 3.21. The standard InChI is InChI=1S/C15H16O3S/c1-2-18-14(17)13(16)12-10(11-5-3-8-19-11)9-15(12)6-4-7-15/h3,5,8H,2,4,6-7,9H2,1H3. The van der Waals surface area contributed by atoms with Crippen molar-refractivity contribution in [1.82, 2.24) is 0 Å². The van der Waals surface area contributed by atoms with Crippen LogP contribution in [0.3, 0.4) is 0 Å². The number of ketones is 1. The lowest BCUT2D eigenvalue weighted by molar-refractivity contribution is -0.152. The number of hydrogen-bond acceptors (Lipinski definition) is 4. The summed E-state index contributed by atoms with van der Waals surface area (Å²) in [5.41, 5.74) is 1.79. The van der Waals surface area contributed by atoms with Gasteiger partial charge in [-0.15, -0.1) is 11.3 Å². The molecule has 1 aromatic rings. The second kappa shape index (κ2) is 4.60. The third-order valence-electron chi connectivity index (χ3n) is 4.16. The summed E-state index contributed by atoms with van der Waals surface area (Å²) in [7, 11) is 0. The average molecular weight is 276 g/mol. The fraction of sp³-hybridized carbons (Fsp3) is 0.467. The van der Waals surface area contributed by atoms with E-state index in [2.05, 4.69) is 0 Å². The van der Waals surface area contributed by atoms with Crippen LogP contribution in [-0.2, 0) is 14.3 Å². The number of carbonyl (C=O) groups is 2. The van der Waals surface area contributed by atoms with Gasteiger partial charge in [-0.3, -0.25) is 4.79 Å². The first-order chi connectivity index (χ1) is 9.18. The molecule has 4 heteroatoms. The van der Waals surface area contributed by atoms with Crippen LogP contribution >= 0.6 is 11.3 Å². The molecule has 0 atom stereocenters. The van der Waals surface area contributed by atoms with Crippen LogP contribution in [0, 0.1) is 5.41 Å². The lowest BCUT2D eigenvalue weighted by Crippen LogP contribution is -2.44. The Balaban J connectivity index is 1.95. The molecule has 1 saturated carbocycles. The molecule has 0 radical (unpaired) electrons. The molecule has 0 aromatic carbocycles. The number of carbonyl (C=O) groups excluding carboxylic acids is 2. The highest BCUT2D eigenvalue weighted by molar-refractivity contribution is 7.11. The molecule has 0 aliphatic heterocycles. The number of Topliss-reactive ketones (excluding diaryl/α,β-unsaturated/α-hetero) is 1. The Kier molecular flexibility index (Phi) is 3.05. The third kappa shape index (κ3) is 1.86. The smallest absolute Gasteiger partial charge is 0.379 e. The Morgan fingerprint density at radius 1 is 1.42 bits per heavy atom. The van der Waals surface area contributed by atoms with Gasteiger partial charge in [-0.05, 0) is 43.2 Å². The Morgan fingerprint density at radius 2 is 2.21 bits per heavy atom. The largest absolute Gasteiger partial charge is 0.460 e. The maximum Gasteiger partial charge on any atom is 0.379 e. The van der Waals surface area contributed by atoms with Crippen molar-refractivity contribution >= 4 is 28.7 Å². The molecule has 1 spiro atoms. The van der Waals surface area contributed by atoms with Crippen LogP contribution in [0.25, 0.3) is 5.57 Å². The summed E-state index contributed by atoms with van der Waals surface area (Å²) in [6.07, 6.45) is 4.15. The molecule has 0 unspecified atom stereocenters. The van der Waals surface area contributed by atoms with Gasteiger partial charge in [0.15, 0.2) is 0 Å². The first-order valence-corrected chi connectivity index (χ1v) is 7.55. The van der Waals surface area contributed by atoms with Crippen molar-refractivity contribution in [1.29, 1.82) is 0 Å². The van der Waals surface area contributed by atoms with Gasteiger partial charge in [0.05, 0.1) is 6.61 Å². The van der Waals surface area contributed by atoms with E-state index < -0.39 is 11.8 Å². The fourth-order valence-electron chi connectivity index (χ4n) is 3.10. The van der Waals surface area contributed by atoms with E-state index in [9.17, 15) is 9.59 Å². The molecule has 100 valence electrons. The molecule has 3 nitrogen and oxygen atoms in total. The summed E-state index contributed by atoms with van der Waals surface area (Å²) in [6.45, 7) is 1.97. The fourth-order valence-corrected chi connectivity index (χ4v) is 3.87. The van der Waals surface area contributed by atoms with Crippen LogP contribution in [-0.4, -0.2) is 18.4 Å². The van der Waals surface area contributed by atoms with Gasteiger partial charge >= 0.3 is 5.97 Å². The number of hydrogen-bond donors (Lipinski definition) is 0. The van der Waals surface area contributed by atoms with E-state index in [0.717, 1.165) is 41.7 Å². The molecule has 0 bridgehead atoms. The molecule has 0 amide bonds. The van der Waals surface area contributed by atoms with E-state index in [1.807, 2.05) is 17.5 Å². The summed E-state index contributed by atoms with van der Waals surface area (Å²) in [5, 5.41) is 2.00. The van der Waals surface area contributed by atoms with Gasteiger partial charge < -0.3 is 4.74 Å². The Bertz CT molecular complexity index is 550. The van der Waals surface area contributed by atoms with Crippen LogP contribution in [0.15, 0.2) is 23.1 Å². The zero-order chi connectivity index (χ0) is 13.5. The maximum absolute atomic E-state index is 12.3. The zero-order valence-corrected chi connectivity index (χ0v) is 11.7. The summed E-state index contributed by atoms with van der Waals surface area (Å²) >= 11 is 1.63. The van der Waals surface area contributed by atoms with Crippen molar-refractivity contribution in [2.24, 2.45) is 5.41 Å². The minimum absolute atomic E-state index is 0.0107. The minimum atomic E-state index is -0.697. The Morgan fingerprint density at radius 3 is 2.74 bits per heavy atom. The van der Waals surface area contributed by atoms with Crippen LogP contribution in [0.2, 0.25) is 0 Å². The van der Waals surface area contributed by atoms with Crippen LogP contribution < -0.4 is 0 Å². The molecule has 3 rings (SSSR count). The molecule has 2 aliphatic carbocycles. The highest BCUT2D eigenvalue weighted by Gasteiger charge is 2.53. The van der Waals surface area contributed by atoms with Crippen molar-refractivity contribution in [3.8, 4) is 0 Å². The van der Waals surface area contributed by atoms with E-state index in [0.29, 0.717) is 0 Å². The SMILES string of the molecule is CCOC(=O)C(=O)C1=C(c2cccs2)CC12CCC2. The van der Waals surface area contributed by atoms with Crippen molar-refractivity contribution in [3.63, 3.8) is 0 Å². The topological polar surface area (TPSA) is 43.4 Å². The summed E-state index contributed by atoms with van der Waals surface area (Å²) in [4.78, 5) is 25.1. The molecular formula is C15H16O3S. The molecule has 1 fully saturated rings. The lowest BCUT2D eigenvalue weighted by Gasteiger charge is -2.51. The molecule has 1 aromatic heterocycles. The van der Waals surface area contributed by atoms with E-state index in [4.69, 9.17) is 4.74 Å². The van der Waals surface area contributed by atoms with E-state index in [-0.39, 0.29) is 12.0 Å². The van der Waals surface area contributed by atoms with Gasteiger partial charge in [0, 0.05) is 15.9 Å². The van der Waals surface area contributed by atoms with Crippen molar-refractivity contribution in [2.75, 3.05) is 6.61 Å². The summed E-state index contributed by atoms with van der Waals surface area (Å²) in [5.74, 6) is -1.12. The zero-order valence-electron chi connectivity index (χ0n) is 10.9. The van der Waals surface area contributed by atoms with Crippen molar-refractivity contribution < 1.29 is 14.3 Å². The van der Waals surface area contributed by atoms with Gasteiger partial charge in [-0.1, -0.05) is 12.5 Å². The number of ether oxygens (including phenoxy) is 1. The second-order valence-electron chi connectivity index (χ2n) is 5.19. The average Bonchev–Trinajstić information content (AvgIpc) is 2.79. The van der Waals surface area contributed by atoms with Gasteiger partial charge in [0.25, 0.3) is 5.78 Å². The minimum Gasteiger partial charge on any atom is -0.460 e. The normalized spacial score (nSPS) is 19.8. The highest BCUT2D eigenvalue weighted by Crippen LogP contribution is 2.62. The number of thiophene rings is 1. The molecular weight excluding hydrogens is 260 g/mol. The summed E-state index contributed by atoms with van der Waals surface area (Å²) < 4.78 is 4.87. The molecule has 0 N–H and O–H groups in total. The maximum atomic E-state index is 12.3. The number of esters is 1. The summed E-state index contributed by atoms with van der Waals surface area (Å²) in [6, 6.07) is 4.00. The Labute approximate surface area is 116 Å². The van der Waals surface area contributed by atoms with Crippen LogP contribution in [0.1, 0.15) is 37.5 Å². The molecule has 19 heavy (non-hydrogen) atoms.